The molecule has 0 aliphatic carbocycles. The molecule has 1 heterocycles. The van der Waals surface area contributed by atoms with E-state index in [0.717, 1.165) is 62.0 Å². The summed E-state index contributed by atoms with van der Waals surface area (Å²) >= 11 is 12.3. The minimum absolute atomic E-state index is 0. The lowest BCUT2D eigenvalue weighted by molar-refractivity contribution is 0.0384. The molecule has 0 radical (unpaired) electrons. The van der Waals surface area contributed by atoms with Gasteiger partial charge in [0, 0.05) is 53.9 Å². The van der Waals surface area contributed by atoms with E-state index >= 15 is 0 Å². The highest BCUT2D eigenvalue weighted by Gasteiger charge is 2.13. The van der Waals surface area contributed by atoms with Gasteiger partial charge in [0.05, 0.1) is 19.8 Å². The molecule has 174 valence electrons. The SMILES string of the molecule is CCOc1cccc(CNCCN2CCOCC2)c1OCc1ccc(Cl)cc1Cl.Cl.Cl. The predicted octanol–water partition coefficient (Wildman–Crippen LogP) is 5.24. The van der Waals surface area contributed by atoms with Crippen molar-refractivity contribution in [1.29, 1.82) is 0 Å². The van der Waals surface area contributed by atoms with E-state index in [0.29, 0.717) is 29.8 Å². The van der Waals surface area contributed by atoms with E-state index in [4.69, 9.17) is 37.4 Å². The Labute approximate surface area is 207 Å². The average molecular weight is 512 g/mol. The Morgan fingerprint density at radius 1 is 1.03 bits per heavy atom. The zero-order valence-corrected chi connectivity index (χ0v) is 20.7. The summed E-state index contributed by atoms with van der Waals surface area (Å²) < 4.78 is 17.3. The summed E-state index contributed by atoms with van der Waals surface area (Å²) in [4.78, 5) is 2.41. The maximum Gasteiger partial charge on any atom is 0.166 e. The number of nitrogens with zero attached hydrogens (tertiary/aromatic N) is 1. The molecule has 2 aromatic rings. The van der Waals surface area contributed by atoms with E-state index < -0.39 is 0 Å². The summed E-state index contributed by atoms with van der Waals surface area (Å²) in [5.41, 5.74) is 1.94. The van der Waals surface area contributed by atoms with Crippen LogP contribution >= 0.6 is 48.0 Å². The van der Waals surface area contributed by atoms with E-state index in [2.05, 4.69) is 16.3 Å². The van der Waals surface area contributed by atoms with Gasteiger partial charge in [-0.25, -0.2) is 0 Å². The van der Waals surface area contributed by atoms with Gasteiger partial charge >= 0.3 is 0 Å². The van der Waals surface area contributed by atoms with Crippen LogP contribution in [0.2, 0.25) is 10.0 Å². The first-order chi connectivity index (χ1) is 14.2. The molecule has 0 aromatic heterocycles. The zero-order chi connectivity index (χ0) is 20.5. The van der Waals surface area contributed by atoms with Gasteiger partial charge in [0.2, 0.25) is 0 Å². The summed E-state index contributed by atoms with van der Waals surface area (Å²) in [6, 6.07) is 11.4. The quantitative estimate of drug-likeness (QED) is 0.442. The van der Waals surface area contributed by atoms with Crippen LogP contribution in [0.1, 0.15) is 18.1 Å². The van der Waals surface area contributed by atoms with Gasteiger partial charge in [0.1, 0.15) is 6.61 Å². The fourth-order valence-electron chi connectivity index (χ4n) is 3.21. The second kappa shape index (κ2) is 15.0. The van der Waals surface area contributed by atoms with Gasteiger partial charge in [-0.15, -0.1) is 24.8 Å². The molecule has 5 nitrogen and oxygen atoms in total. The Morgan fingerprint density at radius 3 is 2.52 bits per heavy atom. The van der Waals surface area contributed by atoms with Crippen molar-refractivity contribution in [3.05, 3.63) is 57.6 Å². The predicted molar refractivity (Wildman–Crippen MR) is 132 cm³/mol. The van der Waals surface area contributed by atoms with Crippen LogP contribution in [0.3, 0.4) is 0 Å². The number of morpholine rings is 1. The Morgan fingerprint density at radius 2 is 1.81 bits per heavy atom. The molecule has 31 heavy (non-hydrogen) atoms. The van der Waals surface area contributed by atoms with Crippen molar-refractivity contribution in [2.75, 3.05) is 46.0 Å². The molecule has 0 spiro atoms. The third-order valence-corrected chi connectivity index (χ3v) is 5.36. The number of hydrogen-bond donors (Lipinski definition) is 1. The second-order valence-electron chi connectivity index (χ2n) is 6.83. The highest BCUT2D eigenvalue weighted by molar-refractivity contribution is 6.35. The lowest BCUT2D eigenvalue weighted by Crippen LogP contribution is -2.40. The van der Waals surface area contributed by atoms with Gasteiger partial charge in [0.25, 0.3) is 0 Å². The Bertz CT molecular complexity index is 789. The van der Waals surface area contributed by atoms with Gasteiger partial charge in [-0.05, 0) is 25.1 Å². The van der Waals surface area contributed by atoms with Crippen molar-refractivity contribution in [1.82, 2.24) is 10.2 Å². The van der Waals surface area contributed by atoms with Gasteiger partial charge in [0.15, 0.2) is 11.5 Å². The fraction of sp³-hybridized carbons (Fsp3) is 0.455. The molecular formula is C22H30Cl4N2O3. The minimum atomic E-state index is 0. The van der Waals surface area contributed by atoms with E-state index in [1.54, 1.807) is 6.07 Å². The van der Waals surface area contributed by atoms with E-state index in [1.807, 2.05) is 31.2 Å². The summed E-state index contributed by atoms with van der Waals surface area (Å²) in [6.07, 6.45) is 0. The average Bonchev–Trinajstić information content (AvgIpc) is 2.73. The maximum atomic E-state index is 6.29. The summed E-state index contributed by atoms with van der Waals surface area (Å²) in [5, 5.41) is 4.72. The Kier molecular flexibility index (Phi) is 13.6. The van der Waals surface area contributed by atoms with Crippen LogP contribution in [0.5, 0.6) is 11.5 Å². The fourth-order valence-corrected chi connectivity index (χ4v) is 3.67. The number of hydrogen-bond acceptors (Lipinski definition) is 5. The van der Waals surface area contributed by atoms with Crippen molar-refractivity contribution < 1.29 is 14.2 Å². The molecule has 0 bridgehead atoms. The normalized spacial score (nSPS) is 13.8. The molecule has 1 saturated heterocycles. The first kappa shape index (κ1) is 28.1. The minimum Gasteiger partial charge on any atom is -0.490 e. The van der Waals surface area contributed by atoms with Gasteiger partial charge < -0.3 is 19.5 Å². The number of halogens is 4. The summed E-state index contributed by atoms with van der Waals surface area (Å²) in [5.74, 6) is 1.49. The van der Waals surface area contributed by atoms with Crippen LogP contribution in [0.4, 0.5) is 0 Å². The van der Waals surface area contributed by atoms with Gasteiger partial charge in [-0.2, -0.15) is 0 Å². The van der Waals surface area contributed by atoms with Gasteiger partial charge in [-0.3, -0.25) is 4.90 Å². The van der Waals surface area contributed by atoms with Crippen molar-refractivity contribution >= 4 is 48.0 Å². The van der Waals surface area contributed by atoms with E-state index in [-0.39, 0.29) is 24.8 Å². The topological polar surface area (TPSA) is 43.0 Å². The molecular weight excluding hydrogens is 482 g/mol. The molecule has 0 unspecified atom stereocenters. The van der Waals surface area contributed by atoms with Crippen LogP contribution in [-0.2, 0) is 17.9 Å². The monoisotopic (exact) mass is 510 g/mol. The van der Waals surface area contributed by atoms with Gasteiger partial charge in [-0.1, -0.05) is 41.4 Å². The smallest absolute Gasteiger partial charge is 0.166 e. The molecule has 1 fully saturated rings. The molecule has 0 saturated carbocycles. The first-order valence-corrected chi connectivity index (χ1v) is 10.7. The lowest BCUT2D eigenvalue weighted by atomic mass is 10.1. The lowest BCUT2D eigenvalue weighted by Gasteiger charge is -2.26. The van der Waals surface area contributed by atoms with Crippen LogP contribution in [0, 0.1) is 0 Å². The molecule has 9 heteroatoms. The standard InChI is InChI=1S/C22H28Cl2N2O3.2ClH/c1-2-28-21-5-3-4-17(15-25-8-9-26-10-12-27-13-11-26)22(21)29-16-18-6-7-19(23)14-20(18)24;;/h3-7,14,25H,2,8-13,15-16H2,1H3;2*1H. The van der Waals surface area contributed by atoms with E-state index in [1.165, 1.54) is 0 Å². The summed E-state index contributed by atoms with van der Waals surface area (Å²) in [7, 11) is 0. The molecule has 0 amide bonds. The first-order valence-electron chi connectivity index (χ1n) is 9.99. The van der Waals surface area contributed by atoms with Crippen LogP contribution < -0.4 is 14.8 Å². The number of benzene rings is 2. The van der Waals surface area contributed by atoms with Crippen molar-refractivity contribution in [3.63, 3.8) is 0 Å². The maximum absolute atomic E-state index is 6.29. The van der Waals surface area contributed by atoms with Crippen LogP contribution in [0.25, 0.3) is 0 Å². The molecule has 3 rings (SSSR count). The van der Waals surface area contributed by atoms with E-state index in [9.17, 15) is 0 Å². The van der Waals surface area contributed by atoms with Crippen molar-refractivity contribution in [2.24, 2.45) is 0 Å². The number of ether oxygens (including phenoxy) is 3. The highest BCUT2D eigenvalue weighted by atomic mass is 35.5. The molecule has 0 atom stereocenters. The number of para-hydroxylation sites is 1. The van der Waals surface area contributed by atoms with Crippen LogP contribution in [-0.4, -0.2) is 50.9 Å². The molecule has 1 N–H and O–H groups in total. The Balaban J connectivity index is 0.00000240. The zero-order valence-electron chi connectivity index (χ0n) is 17.6. The number of rotatable bonds is 10. The third-order valence-electron chi connectivity index (χ3n) is 4.77. The summed E-state index contributed by atoms with van der Waals surface area (Å²) in [6.45, 7) is 9.14. The van der Waals surface area contributed by atoms with Crippen LogP contribution in [0.15, 0.2) is 36.4 Å². The number of nitrogens with one attached hydrogen (secondary N) is 1. The Hall–Kier alpha value is -0.920. The molecule has 1 aliphatic rings. The second-order valence-corrected chi connectivity index (χ2v) is 7.68. The largest absolute Gasteiger partial charge is 0.490 e. The molecule has 1 aliphatic heterocycles. The van der Waals surface area contributed by atoms with Crippen molar-refractivity contribution in [3.8, 4) is 11.5 Å². The van der Waals surface area contributed by atoms with Crippen molar-refractivity contribution in [2.45, 2.75) is 20.1 Å². The molecule has 2 aromatic carbocycles. The highest BCUT2D eigenvalue weighted by Crippen LogP contribution is 2.33. The third kappa shape index (κ3) is 8.85.